The number of nitrogens with zero attached hydrogens (tertiary/aromatic N) is 3. The molecule has 0 aliphatic carbocycles. The monoisotopic (exact) mass is 632 g/mol. The van der Waals surface area contributed by atoms with E-state index in [-0.39, 0.29) is 18.3 Å². The number of ether oxygens (including phenoxy) is 1. The molecule has 1 amide bonds. The number of phenolic OH excluding ortho intramolecular Hbond substituents is 1. The van der Waals surface area contributed by atoms with E-state index in [4.69, 9.17) is 26.4 Å². The van der Waals surface area contributed by atoms with Crippen molar-refractivity contribution in [1.82, 2.24) is 4.68 Å². The number of aromatic nitrogens is 1. The van der Waals surface area contributed by atoms with Gasteiger partial charge in [-0.3, -0.25) is 4.79 Å². The van der Waals surface area contributed by atoms with Gasteiger partial charge in [-0.15, -0.1) is 11.3 Å². The lowest BCUT2D eigenvalue weighted by Gasteiger charge is -2.18. The number of phenols is 1. The molecule has 2 N–H and O–H groups in total. The first-order chi connectivity index (χ1) is 16.9. The summed E-state index contributed by atoms with van der Waals surface area (Å²) in [6, 6.07) is 16.3. The van der Waals surface area contributed by atoms with Crippen LogP contribution in [0, 0.1) is 0 Å². The summed E-state index contributed by atoms with van der Waals surface area (Å²) in [5.74, 6) is 0.527. The zero-order chi connectivity index (χ0) is 24.5. The maximum absolute atomic E-state index is 11.8. The van der Waals surface area contributed by atoms with Gasteiger partial charge in [-0.1, -0.05) is 11.6 Å². The molecule has 1 aliphatic rings. The molecule has 0 unspecified atom stereocenters. The number of thiazole rings is 1. The number of benzene rings is 3. The van der Waals surface area contributed by atoms with E-state index >= 15 is 0 Å². The maximum atomic E-state index is 11.8. The number of anilines is 1. The van der Waals surface area contributed by atoms with Gasteiger partial charge < -0.3 is 15.2 Å². The Hall–Kier alpha value is -2.92. The highest BCUT2D eigenvalue weighted by Crippen LogP contribution is 2.34. The van der Waals surface area contributed by atoms with Crippen molar-refractivity contribution in [3.05, 3.63) is 84.3 Å². The fourth-order valence-corrected chi connectivity index (χ4v) is 5.54. The number of halogens is 3. The smallest absolute Gasteiger partial charge is 0.262 e. The lowest BCUT2D eigenvalue weighted by atomic mass is 10.1. The molecule has 5 rings (SSSR count). The van der Waals surface area contributed by atoms with E-state index in [9.17, 15) is 9.90 Å². The predicted molar refractivity (Wildman–Crippen MR) is 145 cm³/mol. The van der Waals surface area contributed by atoms with Gasteiger partial charge in [0.1, 0.15) is 11.5 Å². The van der Waals surface area contributed by atoms with Crippen LogP contribution in [0.15, 0.2) is 79.0 Å². The number of aromatic hydroxyl groups is 1. The Kier molecular flexibility index (Phi) is 6.79. The first-order valence-electron chi connectivity index (χ1n) is 10.2. The molecule has 0 saturated heterocycles. The maximum Gasteiger partial charge on any atom is 0.262 e. The molecule has 1 aliphatic heterocycles. The lowest BCUT2D eigenvalue weighted by Crippen LogP contribution is -2.25. The minimum absolute atomic E-state index is 0.00302. The number of hydrogen-bond acceptors (Lipinski definition) is 6. The molecule has 0 bridgehead atoms. The Morgan fingerprint density at radius 2 is 1.86 bits per heavy atom. The molecule has 0 atom stereocenters. The Morgan fingerprint density at radius 1 is 1.11 bits per heavy atom. The van der Waals surface area contributed by atoms with E-state index in [2.05, 4.69) is 37.2 Å². The van der Waals surface area contributed by atoms with Gasteiger partial charge in [-0.2, -0.15) is 5.10 Å². The summed E-state index contributed by atoms with van der Waals surface area (Å²) in [6.07, 6.45) is 1.68. The first-order valence-corrected chi connectivity index (χ1v) is 13.0. The molecular weight excluding hydrogens is 620 g/mol. The van der Waals surface area contributed by atoms with Crippen LogP contribution >= 0.6 is 54.8 Å². The molecule has 0 spiro atoms. The molecule has 0 fully saturated rings. The second-order valence-corrected chi connectivity index (χ2v) is 10.4. The Labute approximate surface area is 225 Å². The van der Waals surface area contributed by atoms with Crippen LogP contribution in [0.25, 0.3) is 11.3 Å². The Balaban J connectivity index is 1.63. The highest BCUT2D eigenvalue weighted by Gasteiger charge is 2.18. The van der Waals surface area contributed by atoms with Crippen LogP contribution in [0.1, 0.15) is 5.56 Å². The number of rotatable bonds is 4. The predicted octanol–water partition coefficient (Wildman–Crippen LogP) is 6.55. The third-order valence-electron chi connectivity index (χ3n) is 5.01. The summed E-state index contributed by atoms with van der Waals surface area (Å²) < 4.78 is 8.29. The van der Waals surface area contributed by atoms with E-state index in [1.807, 2.05) is 35.7 Å². The third kappa shape index (κ3) is 5.20. The number of nitrogens with one attached hydrogen (secondary N) is 1. The second-order valence-electron chi connectivity index (χ2n) is 7.43. The van der Waals surface area contributed by atoms with E-state index in [0.29, 0.717) is 30.2 Å². The Bertz CT molecular complexity index is 1520. The van der Waals surface area contributed by atoms with Crippen molar-refractivity contribution in [2.45, 2.75) is 0 Å². The summed E-state index contributed by atoms with van der Waals surface area (Å²) >= 11 is 14.1. The highest BCUT2D eigenvalue weighted by atomic mass is 79.9. The number of carbonyl (C=O) groups excluding carboxylic acids is 1. The van der Waals surface area contributed by atoms with Crippen LogP contribution in [-0.2, 0) is 4.79 Å². The second kappa shape index (κ2) is 9.98. The van der Waals surface area contributed by atoms with Gasteiger partial charge in [0.25, 0.3) is 5.91 Å². The first kappa shape index (κ1) is 23.8. The van der Waals surface area contributed by atoms with Crippen molar-refractivity contribution in [3.8, 4) is 22.8 Å². The average Bonchev–Trinajstić information content (AvgIpc) is 3.24. The van der Waals surface area contributed by atoms with E-state index in [1.165, 1.54) is 11.3 Å². The topological polar surface area (TPSA) is 88.2 Å². The van der Waals surface area contributed by atoms with Gasteiger partial charge in [-0.25, -0.2) is 9.67 Å². The summed E-state index contributed by atoms with van der Waals surface area (Å²) in [5.41, 5.74) is 3.69. The van der Waals surface area contributed by atoms with Crippen molar-refractivity contribution < 1.29 is 14.6 Å². The van der Waals surface area contributed by atoms with Crippen LogP contribution < -0.4 is 14.9 Å². The van der Waals surface area contributed by atoms with Gasteiger partial charge in [0.15, 0.2) is 6.61 Å². The van der Waals surface area contributed by atoms with Crippen molar-refractivity contribution in [3.63, 3.8) is 0 Å². The van der Waals surface area contributed by atoms with Gasteiger partial charge in [0.05, 0.1) is 32.2 Å². The SMILES string of the molecule is O=C1COc2ccc(-c3csc(=Nc4ccc(Cl)cc4)n3N=Cc3cc(Br)c(O)c(Br)c3)cc2N1. The molecule has 1 aromatic heterocycles. The minimum Gasteiger partial charge on any atom is -0.506 e. The van der Waals surface area contributed by atoms with Crippen molar-refractivity contribution in [1.29, 1.82) is 0 Å². The number of carbonyl (C=O) groups is 1. The normalized spacial score (nSPS) is 13.6. The van der Waals surface area contributed by atoms with Gasteiger partial charge in [0, 0.05) is 16.0 Å². The molecule has 0 saturated carbocycles. The number of fused-ring (bicyclic) bond motifs is 1. The summed E-state index contributed by atoms with van der Waals surface area (Å²) in [5, 5.41) is 20.1. The molecule has 0 radical (unpaired) electrons. The standard InChI is InChI=1S/C24H15Br2ClN4O3S/c25-17-7-13(8-18(26)23(17)33)10-28-31-20(12-35-24(31)29-16-4-2-15(27)3-5-16)14-1-6-21-19(9-14)30-22(32)11-34-21/h1-10,12,33H,11H2,(H,30,32). The molecule has 2 heterocycles. The minimum atomic E-state index is -0.201. The molecule has 4 aromatic rings. The summed E-state index contributed by atoms with van der Waals surface area (Å²) in [6.45, 7) is -0.00302. The summed E-state index contributed by atoms with van der Waals surface area (Å²) in [7, 11) is 0. The average molecular weight is 635 g/mol. The van der Waals surface area contributed by atoms with Crippen LogP contribution in [-0.4, -0.2) is 28.5 Å². The number of hydrogen-bond donors (Lipinski definition) is 2. The van der Waals surface area contributed by atoms with Crippen LogP contribution in [0.5, 0.6) is 11.5 Å². The molecule has 7 nitrogen and oxygen atoms in total. The third-order valence-corrected chi connectivity index (χ3v) is 7.28. The van der Waals surface area contributed by atoms with Gasteiger partial charge in [0.2, 0.25) is 4.80 Å². The molecule has 3 aromatic carbocycles. The van der Waals surface area contributed by atoms with Crippen molar-refractivity contribution in [2.75, 3.05) is 11.9 Å². The van der Waals surface area contributed by atoms with Crippen LogP contribution in [0.2, 0.25) is 5.02 Å². The summed E-state index contributed by atoms with van der Waals surface area (Å²) in [4.78, 5) is 17.2. The molecular formula is C24H15Br2ClN4O3S. The van der Waals surface area contributed by atoms with Crippen molar-refractivity contribution in [2.24, 2.45) is 10.1 Å². The van der Waals surface area contributed by atoms with Crippen LogP contribution in [0.3, 0.4) is 0 Å². The highest BCUT2D eigenvalue weighted by molar-refractivity contribution is 9.11. The molecule has 176 valence electrons. The zero-order valence-electron chi connectivity index (χ0n) is 17.7. The van der Waals surface area contributed by atoms with Crippen molar-refractivity contribution >= 4 is 78.3 Å². The van der Waals surface area contributed by atoms with E-state index in [1.54, 1.807) is 35.2 Å². The lowest BCUT2D eigenvalue weighted by molar-refractivity contribution is -0.118. The molecule has 11 heteroatoms. The quantitative estimate of drug-likeness (QED) is 0.250. The fraction of sp³-hybridized carbons (Fsp3) is 0.0417. The number of amides is 1. The van der Waals surface area contributed by atoms with Crippen LogP contribution in [0.4, 0.5) is 11.4 Å². The van der Waals surface area contributed by atoms with Gasteiger partial charge >= 0.3 is 0 Å². The van der Waals surface area contributed by atoms with E-state index < -0.39 is 0 Å². The van der Waals surface area contributed by atoms with Gasteiger partial charge in [-0.05, 0) is 92.0 Å². The fourth-order valence-electron chi connectivity index (χ4n) is 3.34. The molecule has 35 heavy (non-hydrogen) atoms. The van der Waals surface area contributed by atoms with E-state index in [0.717, 1.165) is 22.5 Å². The largest absolute Gasteiger partial charge is 0.506 e. The zero-order valence-corrected chi connectivity index (χ0v) is 22.4. The Morgan fingerprint density at radius 3 is 2.60 bits per heavy atom.